The van der Waals surface area contributed by atoms with E-state index in [4.69, 9.17) is 9.26 Å². The van der Waals surface area contributed by atoms with Crippen molar-refractivity contribution in [2.24, 2.45) is 0 Å². The molecule has 0 aromatic carbocycles. The minimum absolute atomic E-state index is 0.544. The molecular weight excluding hydrogens is 242 g/mol. The van der Waals surface area contributed by atoms with Crippen LogP contribution in [-0.2, 0) is 11.3 Å². The van der Waals surface area contributed by atoms with Gasteiger partial charge in [-0.05, 0) is 0 Å². The van der Waals surface area contributed by atoms with Crippen LogP contribution in [0, 0.1) is 0 Å². The average Bonchev–Trinajstić information content (AvgIpc) is 3.02. The van der Waals surface area contributed by atoms with Crippen LogP contribution in [0.3, 0.4) is 0 Å². The van der Waals surface area contributed by atoms with E-state index >= 15 is 0 Å². The lowest BCUT2D eigenvalue weighted by Crippen LogP contribution is -2.44. The Morgan fingerprint density at radius 3 is 2.53 bits per heavy atom. The number of nitrogens with zero attached hydrogens (tertiary/aromatic N) is 2. The predicted molar refractivity (Wildman–Crippen MR) is 78.2 cm³/mol. The van der Waals surface area contributed by atoms with Crippen LogP contribution in [0.5, 0.6) is 0 Å². The van der Waals surface area contributed by atoms with E-state index in [1.54, 1.807) is 6.26 Å². The summed E-state index contributed by atoms with van der Waals surface area (Å²) in [5.41, 5.74) is 0.857. The SMILES string of the molecule is CC.CC.c1cc(COCCN2CCNCC2)no1. The minimum Gasteiger partial charge on any atom is -0.374 e. The highest BCUT2D eigenvalue weighted by atomic mass is 16.5. The quantitative estimate of drug-likeness (QED) is 0.832. The Hall–Kier alpha value is -0.910. The summed E-state index contributed by atoms with van der Waals surface area (Å²) >= 11 is 0. The first-order valence-electron chi connectivity index (χ1n) is 7.35. The molecule has 1 saturated heterocycles. The fourth-order valence-corrected chi connectivity index (χ4v) is 1.62. The lowest BCUT2D eigenvalue weighted by molar-refractivity contribution is 0.0852. The van der Waals surface area contributed by atoms with Gasteiger partial charge in [0.2, 0.25) is 0 Å². The fraction of sp³-hybridized carbons (Fsp3) is 0.786. The molecule has 0 bridgehead atoms. The van der Waals surface area contributed by atoms with Gasteiger partial charge in [0, 0.05) is 38.8 Å². The van der Waals surface area contributed by atoms with E-state index in [2.05, 4.69) is 15.4 Å². The molecule has 0 spiro atoms. The van der Waals surface area contributed by atoms with Gasteiger partial charge in [0.25, 0.3) is 0 Å². The highest BCUT2D eigenvalue weighted by molar-refractivity contribution is 4.92. The Morgan fingerprint density at radius 2 is 1.95 bits per heavy atom. The van der Waals surface area contributed by atoms with Crippen LogP contribution in [0.1, 0.15) is 33.4 Å². The van der Waals surface area contributed by atoms with E-state index in [1.807, 2.05) is 33.8 Å². The second-order valence-corrected chi connectivity index (χ2v) is 3.64. The molecule has 1 aromatic heterocycles. The van der Waals surface area contributed by atoms with Crippen LogP contribution in [0.4, 0.5) is 0 Å². The summed E-state index contributed by atoms with van der Waals surface area (Å²) in [4.78, 5) is 2.40. The van der Waals surface area contributed by atoms with Crippen molar-refractivity contribution in [3.8, 4) is 0 Å². The van der Waals surface area contributed by atoms with Gasteiger partial charge in [-0.15, -0.1) is 0 Å². The van der Waals surface area contributed by atoms with Crippen molar-refractivity contribution in [2.75, 3.05) is 39.3 Å². The van der Waals surface area contributed by atoms with Crippen molar-refractivity contribution in [2.45, 2.75) is 34.3 Å². The van der Waals surface area contributed by atoms with Crippen LogP contribution in [0.25, 0.3) is 0 Å². The predicted octanol–water partition coefficient (Wildman–Crippen LogP) is 2.15. The van der Waals surface area contributed by atoms with Gasteiger partial charge in [-0.2, -0.15) is 0 Å². The average molecular weight is 271 g/mol. The molecule has 2 heterocycles. The van der Waals surface area contributed by atoms with Crippen LogP contribution >= 0.6 is 0 Å². The second-order valence-electron chi connectivity index (χ2n) is 3.64. The maximum Gasteiger partial charge on any atom is 0.124 e. The fourth-order valence-electron chi connectivity index (χ4n) is 1.62. The van der Waals surface area contributed by atoms with E-state index in [9.17, 15) is 0 Å². The van der Waals surface area contributed by atoms with Crippen molar-refractivity contribution in [1.29, 1.82) is 0 Å². The van der Waals surface area contributed by atoms with Gasteiger partial charge in [-0.25, -0.2) is 0 Å². The van der Waals surface area contributed by atoms with Crippen molar-refractivity contribution in [1.82, 2.24) is 15.4 Å². The Kier molecular flexibility index (Phi) is 12.9. The molecule has 1 aliphatic rings. The molecule has 5 heteroatoms. The number of ether oxygens (including phenoxy) is 1. The summed E-state index contributed by atoms with van der Waals surface area (Å²) in [6.07, 6.45) is 1.56. The molecule has 19 heavy (non-hydrogen) atoms. The molecule has 1 fully saturated rings. The number of hydrogen-bond donors (Lipinski definition) is 1. The molecule has 0 aliphatic carbocycles. The largest absolute Gasteiger partial charge is 0.374 e. The van der Waals surface area contributed by atoms with Crippen LogP contribution in [0.2, 0.25) is 0 Å². The summed E-state index contributed by atoms with van der Waals surface area (Å²) in [6.45, 7) is 14.7. The van der Waals surface area contributed by atoms with Crippen LogP contribution in [-0.4, -0.2) is 49.4 Å². The zero-order chi connectivity index (χ0) is 14.3. The summed E-state index contributed by atoms with van der Waals surface area (Å²) in [5.74, 6) is 0. The van der Waals surface area contributed by atoms with Gasteiger partial charge >= 0.3 is 0 Å². The lowest BCUT2D eigenvalue weighted by atomic mass is 10.3. The first-order chi connectivity index (χ1) is 9.45. The standard InChI is InChI=1S/C10H17N3O2.2C2H6/c1-7-15-12-10(1)9-14-8-6-13-4-2-11-3-5-13;2*1-2/h1,7,11H,2-6,8-9H2;2*1-2H3. The first-order valence-corrected chi connectivity index (χ1v) is 7.35. The molecular formula is C14H29N3O2. The molecule has 0 radical (unpaired) electrons. The third-order valence-corrected chi connectivity index (χ3v) is 2.50. The Labute approximate surface area is 117 Å². The zero-order valence-electron chi connectivity index (χ0n) is 12.8. The van der Waals surface area contributed by atoms with Gasteiger partial charge in [0.15, 0.2) is 0 Å². The van der Waals surface area contributed by atoms with Gasteiger partial charge in [-0.3, -0.25) is 4.90 Å². The monoisotopic (exact) mass is 271 g/mol. The highest BCUT2D eigenvalue weighted by Crippen LogP contribution is 1.97. The highest BCUT2D eigenvalue weighted by Gasteiger charge is 2.08. The molecule has 2 rings (SSSR count). The van der Waals surface area contributed by atoms with E-state index in [1.165, 1.54) is 0 Å². The number of aromatic nitrogens is 1. The number of nitrogens with one attached hydrogen (secondary N) is 1. The number of hydrogen-bond acceptors (Lipinski definition) is 5. The molecule has 0 atom stereocenters. The third kappa shape index (κ3) is 8.75. The second kappa shape index (κ2) is 13.5. The first kappa shape index (κ1) is 18.1. The maximum atomic E-state index is 5.50. The Morgan fingerprint density at radius 1 is 1.26 bits per heavy atom. The van der Waals surface area contributed by atoms with E-state index in [0.29, 0.717) is 6.61 Å². The molecule has 0 saturated carbocycles. The molecule has 5 nitrogen and oxygen atoms in total. The van der Waals surface area contributed by atoms with Gasteiger partial charge in [0.1, 0.15) is 12.0 Å². The normalized spacial score (nSPS) is 14.9. The van der Waals surface area contributed by atoms with Crippen LogP contribution < -0.4 is 5.32 Å². The third-order valence-electron chi connectivity index (χ3n) is 2.50. The number of piperazine rings is 1. The topological polar surface area (TPSA) is 50.5 Å². The van der Waals surface area contributed by atoms with Crippen molar-refractivity contribution in [3.63, 3.8) is 0 Å². The van der Waals surface area contributed by atoms with E-state index in [0.717, 1.165) is 45.0 Å². The smallest absolute Gasteiger partial charge is 0.124 e. The summed E-state index contributed by atoms with van der Waals surface area (Å²) < 4.78 is 10.2. The molecule has 1 aromatic rings. The summed E-state index contributed by atoms with van der Waals surface area (Å²) in [7, 11) is 0. The molecule has 0 amide bonds. The summed E-state index contributed by atoms with van der Waals surface area (Å²) in [5, 5.41) is 7.10. The van der Waals surface area contributed by atoms with Crippen LogP contribution in [0.15, 0.2) is 16.9 Å². The molecule has 1 N–H and O–H groups in total. The van der Waals surface area contributed by atoms with Crippen molar-refractivity contribution in [3.05, 3.63) is 18.0 Å². The van der Waals surface area contributed by atoms with Crippen molar-refractivity contribution < 1.29 is 9.26 Å². The van der Waals surface area contributed by atoms with Crippen molar-refractivity contribution >= 4 is 0 Å². The zero-order valence-corrected chi connectivity index (χ0v) is 12.8. The lowest BCUT2D eigenvalue weighted by Gasteiger charge is -2.26. The molecule has 112 valence electrons. The molecule has 0 unspecified atom stereocenters. The minimum atomic E-state index is 0.544. The van der Waals surface area contributed by atoms with Gasteiger partial charge < -0.3 is 14.6 Å². The number of rotatable bonds is 5. The molecule has 1 aliphatic heterocycles. The van der Waals surface area contributed by atoms with E-state index in [-0.39, 0.29) is 0 Å². The van der Waals surface area contributed by atoms with E-state index < -0.39 is 0 Å². The van der Waals surface area contributed by atoms with Gasteiger partial charge in [0.05, 0.1) is 13.2 Å². The Bertz CT molecular complexity index is 260. The van der Waals surface area contributed by atoms with Gasteiger partial charge in [-0.1, -0.05) is 32.9 Å². The maximum absolute atomic E-state index is 5.50. The Balaban J connectivity index is 0.000000741. The summed E-state index contributed by atoms with van der Waals surface area (Å²) in [6, 6.07) is 1.82.